The van der Waals surface area contributed by atoms with Gasteiger partial charge in [-0.3, -0.25) is 14.8 Å². The molecule has 2 aromatic rings. The summed E-state index contributed by atoms with van der Waals surface area (Å²) in [6.07, 6.45) is 1.67. The van der Waals surface area contributed by atoms with E-state index in [1.54, 1.807) is 24.9 Å². The maximum absolute atomic E-state index is 13.5. The number of aromatic nitrogens is 2. The molecule has 0 fully saturated rings. The molecule has 0 aliphatic heterocycles. The second-order valence-corrected chi connectivity index (χ2v) is 4.82. The Morgan fingerprint density at radius 2 is 2.16 bits per heavy atom. The van der Waals surface area contributed by atoms with Gasteiger partial charge in [0, 0.05) is 25.4 Å². The lowest BCUT2D eigenvalue weighted by molar-refractivity contribution is -0.384. The van der Waals surface area contributed by atoms with Gasteiger partial charge in [-0.05, 0) is 22.9 Å². The van der Waals surface area contributed by atoms with Gasteiger partial charge < -0.3 is 5.32 Å². The number of rotatable bonds is 3. The summed E-state index contributed by atoms with van der Waals surface area (Å²) in [4.78, 5) is 10.4. The van der Waals surface area contributed by atoms with Gasteiger partial charge in [-0.2, -0.15) is 5.10 Å². The molecule has 1 heterocycles. The number of hydrogen-bond donors (Lipinski definition) is 1. The van der Waals surface area contributed by atoms with Crippen LogP contribution in [0.5, 0.6) is 0 Å². The summed E-state index contributed by atoms with van der Waals surface area (Å²) in [6.45, 7) is 1.75. The van der Waals surface area contributed by atoms with Gasteiger partial charge in [0.05, 0.1) is 20.8 Å². The van der Waals surface area contributed by atoms with E-state index in [0.717, 1.165) is 12.1 Å². The lowest BCUT2D eigenvalue weighted by atomic mass is 10.2. The van der Waals surface area contributed by atoms with Gasteiger partial charge in [0.15, 0.2) is 0 Å². The zero-order chi connectivity index (χ0) is 14.2. The van der Waals surface area contributed by atoms with Crippen LogP contribution in [0.25, 0.3) is 0 Å². The minimum absolute atomic E-state index is 0.0488. The first kappa shape index (κ1) is 13.5. The number of aryl methyl sites for hydroxylation is 2. The highest BCUT2D eigenvalue weighted by Gasteiger charge is 2.18. The number of nitro groups is 1. The maximum atomic E-state index is 13.5. The summed E-state index contributed by atoms with van der Waals surface area (Å²) in [5.41, 5.74) is 1.13. The molecule has 0 spiro atoms. The van der Waals surface area contributed by atoms with Gasteiger partial charge in [0.1, 0.15) is 11.5 Å². The lowest BCUT2D eigenvalue weighted by Crippen LogP contribution is -1.99. The summed E-state index contributed by atoms with van der Waals surface area (Å²) < 4.78 is 15.1. The highest BCUT2D eigenvalue weighted by molar-refractivity contribution is 9.10. The lowest BCUT2D eigenvalue weighted by Gasteiger charge is -2.06. The molecule has 19 heavy (non-hydrogen) atoms. The Labute approximate surface area is 116 Å². The highest BCUT2D eigenvalue weighted by Crippen LogP contribution is 2.33. The van der Waals surface area contributed by atoms with Gasteiger partial charge in [0.2, 0.25) is 0 Å². The van der Waals surface area contributed by atoms with Crippen LogP contribution in [-0.2, 0) is 7.05 Å². The van der Waals surface area contributed by atoms with E-state index in [-0.39, 0.29) is 15.8 Å². The predicted octanol–water partition coefficient (Wildman–Crippen LogP) is 3.28. The van der Waals surface area contributed by atoms with Crippen molar-refractivity contribution in [3.05, 3.63) is 44.4 Å². The van der Waals surface area contributed by atoms with Crippen molar-refractivity contribution in [2.24, 2.45) is 7.05 Å². The number of nitro benzene ring substituents is 1. The van der Waals surface area contributed by atoms with E-state index in [9.17, 15) is 14.5 Å². The number of halogens is 2. The zero-order valence-corrected chi connectivity index (χ0v) is 11.7. The summed E-state index contributed by atoms with van der Waals surface area (Å²) in [5, 5.41) is 17.9. The van der Waals surface area contributed by atoms with Crippen LogP contribution in [0.3, 0.4) is 0 Å². The van der Waals surface area contributed by atoms with Crippen LogP contribution in [0.4, 0.5) is 21.5 Å². The van der Waals surface area contributed by atoms with Crippen LogP contribution in [0.1, 0.15) is 5.69 Å². The molecule has 0 amide bonds. The van der Waals surface area contributed by atoms with Crippen LogP contribution in [0, 0.1) is 22.9 Å². The van der Waals surface area contributed by atoms with Gasteiger partial charge in [-0.25, -0.2) is 4.39 Å². The first-order valence-electron chi connectivity index (χ1n) is 5.29. The monoisotopic (exact) mass is 328 g/mol. The minimum Gasteiger partial charge on any atom is -0.347 e. The van der Waals surface area contributed by atoms with E-state index in [2.05, 4.69) is 26.3 Å². The standard InChI is InChI=1S/C11H10BrFN4O2/c1-6-10(5-16(2)15-6)14-9-4-8(13)7(12)3-11(9)17(18)19/h3-5,14H,1-2H3. The Morgan fingerprint density at radius 1 is 1.47 bits per heavy atom. The zero-order valence-electron chi connectivity index (χ0n) is 10.1. The summed E-state index contributed by atoms with van der Waals surface area (Å²) in [7, 11) is 1.73. The van der Waals surface area contributed by atoms with Gasteiger partial charge >= 0.3 is 0 Å². The van der Waals surface area contributed by atoms with Crippen molar-refractivity contribution in [2.45, 2.75) is 6.92 Å². The van der Waals surface area contributed by atoms with Crippen molar-refractivity contribution in [2.75, 3.05) is 5.32 Å². The smallest absolute Gasteiger partial charge is 0.294 e. The minimum atomic E-state index is -0.574. The SMILES string of the molecule is Cc1nn(C)cc1Nc1cc(F)c(Br)cc1[N+](=O)[O-]. The number of anilines is 2. The molecule has 1 aromatic carbocycles. The van der Waals surface area contributed by atoms with Gasteiger partial charge in [-0.1, -0.05) is 0 Å². The molecule has 2 rings (SSSR count). The molecule has 8 heteroatoms. The molecule has 0 saturated carbocycles. The molecular formula is C11H10BrFN4O2. The van der Waals surface area contributed by atoms with Crippen molar-refractivity contribution in [1.29, 1.82) is 0 Å². The molecule has 1 aromatic heterocycles. The van der Waals surface area contributed by atoms with Crippen molar-refractivity contribution in [1.82, 2.24) is 9.78 Å². The average molecular weight is 329 g/mol. The van der Waals surface area contributed by atoms with Crippen molar-refractivity contribution in [3.8, 4) is 0 Å². The van der Waals surface area contributed by atoms with Crippen LogP contribution >= 0.6 is 15.9 Å². The largest absolute Gasteiger partial charge is 0.347 e. The summed E-state index contributed by atoms with van der Waals surface area (Å²) in [5.74, 6) is -0.574. The molecule has 0 aliphatic carbocycles. The Kier molecular flexibility index (Phi) is 3.52. The van der Waals surface area contributed by atoms with Gasteiger partial charge in [-0.15, -0.1) is 0 Å². The summed E-state index contributed by atoms with van der Waals surface area (Å²) in [6, 6.07) is 2.21. The Morgan fingerprint density at radius 3 is 2.68 bits per heavy atom. The first-order valence-corrected chi connectivity index (χ1v) is 6.08. The number of nitrogens with one attached hydrogen (secondary N) is 1. The van der Waals surface area contributed by atoms with Crippen molar-refractivity contribution >= 4 is 33.0 Å². The van der Waals surface area contributed by atoms with Crippen LogP contribution in [0.2, 0.25) is 0 Å². The highest BCUT2D eigenvalue weighted by atomic mass is 79.9. The Balaban J connectivity index is 2.47. The molecule has 0 bridgehead atoms. The van der Waals surface area contributed by atoms with E-state index in [0.29, 0.717) is 11.4 Å². The fourth-order valence-electron chi connectivity index (χ4n) is 1.65. The number of nitrogens with zero attached hydrogens (tertiary/aromatic N) is 3. The molecule has 0 radical (unpaired) electrons. The number of benzene rings is 1. The molecule has 6 nitrogen and oxygen atoms in total. The maximum Gasteiger partial charge on any atom is 0.294 e. The molecule has 0 aliphatic rings. The second kappa shape index (κ2) is 4.96. The van der Waals surface area contributed by atoms with Crippen LogP contribution in [-0.4, -0.2) is 14.7 Å². The number of hydrogen-bond acceptors (Lipinski definition) is 4. The van der Waals surface area contributed by atoms with Gasteiger partial charge in [0.25, 0.3) is 5.69 Å². The average Bonchev–Trinajstić information content (AvgIpc) is 2.62. The van der Waals surface area contributed by atoms with Crippen LogP contribution in [0.15, 0.2) is 22.8 Å². The quantitative estimate of drug-likeness (QED) is 0.693. The third-order valence-corrected chi connectivity index (χ3v) is 3.13. The normalized spacial score (nSPS) is 10.5. The van der Waals surface area contributed by atoms with Crippen molar-refractivity contribution in [3.63, 3.8) is 0 Å². The molecule has 0 atom stereocenters. The van der Waals surface area contributed by atoms with E-state index in [1.807, 2.05) is 0 Å². The van der Waals surface area contributed by atoms with E-state index >= 15 is 0 Å². The van der Waals surface area contributed by atoms with Crippen LogP contribution < -0.4 is 5.32 Å². The van der Waals surface area contributed by atoms with E-state index < -0.39 is 10.7 Å². The third-order valence-electron chi connectivity index (χ3n) is 2.52. The van der Waals surface area contributed by atoms with E-state index in [4.69, 9.17) is 0 Å². The Hall–Kier alpha value is -1.96. The Bertz CT molecular complexity index is 656. The topological polar surface area (TPSA) is 73.0 Å². The first-order chi connectivity index (χ1) is 8.88. The molecule has 0 saturated heterocycles. The van der Waals surface area contributed by atoms with E-state index in [1.165, 1.54) is 0 Å². The fraction of sp³-hybridized carbons (Fsp3) is 0.182. The third kappa shape index (κ3) is 2.73. The molecule has 100 valence electrons. The predicted molar refractivity (Wildman–Crippen MR) is 72.0 cm³/mol. The fourth-order valence-corrected chi connectivity index (χ4v) is 1.99. The molecule has 0 unspecified atom stereocenters. The van der Waals surface area contributed by atoms with Crippen molar-refractivity contribution < 1.29 is 9.31 Å². The molecule has 1 N–H and O–H groups in total. The summed E-state index contributed by atoms with van der Waals surface area (Å²) >= 11 is 2.93. The molecular weight excluding hydrogens is 319 g/mol. The second-order valence-electron chi connectivity index (χ2n) is 3.97.